The van der Waals surface area contributed by atoms with Gasteiger partial charge in [0.2, 0.25) is 0 Å². The van der Waals surface area contributed by atoms with Crippen molar-refractivity contribution in [1.82, 2.24) is 0 Å². The molecule has 0 aromatic heterocycles. The van der Waals surface area contributed by atoms with E-state index in [9.17, 15) is 19.8 Å². The number of carboxylic acids is 2. The minimum absolute atomic E-state index is 0.0920. The Bertz CT molecular complexity index is 434. The first-order chi connectivity index (χ1) is 10.2. The molecule has 0 bridgehead atoms. The van der Waals surface area contributed by atoms with Crippen LogP contribution in [0.3, 0.4) is 0 Å². The maximum atomic E-state index is 10.6. The zero-order chi connectivity index (χ0) is 17.2. The molecule has 0 radical (unpaired) electrons. The van der Waals surface area contributed by atoms with E-state index in [0.717, 1.165) is 38.2 Å². The lowest BCUT2D eigenvalue weighted by molar-refractivity contribution is -0.136. The minimum Gasteiger partial charge on any atom is -0.478 e. The van der Waals surface area contributed by atoms with E-state index in [4.69, 9.17) is 10.2 Å². The molecule has 4 N–H and O–H groups in total. The molecule has 0 spiro atoms. The molecule has 0 heterocycles. The molecule has 0 aliphatic carbocycles. The van der Waals surface area contributed by atoms with Crippen LogP contribution in [0, 0.1) is 0 Å². The molecule has 0 unspecified atom stereocenters. The SMILES string of the molecule is CC(=CCCCCCCCC(O)(O)C=C(C)C(=O)O)C(=O)O. The summed E-state index contributed by atoms with van der Waals surface area (Å²) in [6.07, 6.45) is 7.62. The van der Waals surface area contributed by atoms with Crippen molar-refractivity contribution in [1.29, 1.82) is 0 Å². The van der Waals surface area contributed by atoms with E-state index in [1.165, 1.54) is 6.92 Å². The van der Waals surface area contributed by atoms with Gasteiger partial charge in [0.25, 0.3) is 0 Å². The Balaban J connectivity index is 3.82. The van der Waals surface area contributed by atoms with Gasteiger partial charge in [-0.2, -0.15) is 0 Å². The Morgan fingerprint density at radius 2 is 1.36 bits per heavy atom. The van der Waals surface area contributed by atoms with Gasteiger partial charge in [0.15, 0.2) is 5.79 Å². The second kappa shape index (κ2) is 10.1. The summed E-state index contributed by atoms with van der Waals surface area (Å²) >= 11 is 0. The van der Waals surface area contributed by atoms with E-state index in [1.54, 1.807) is 13.0 Å². The maximum absolute atomic E-state index is 10.6. The number of aliphatic carboxylic acids is 2. The third kappa shape index (κ3) is 10.1. The average molecular weight is 314 g/mol. The molecule has 0 aliphatic rings. The van der Waals surface area contributed by atoms with Crippen molar-refractivity contribution in [2.75, 3.05) is 0 Å². The van der Waals surface area contributed by atoms with Crippen molar-refractivity contribution < 1.29 is 30.0 Å². The number of hydrogen-bond donors (Lipinski definition) is 4. The van der Waals surface area contributed by atoms with Gasteiger partial charge < -0.3 is 20.4 Å². The van der Waals surface area contributed by atoms with Gasteiger partial charge in [-0.25, -0.2) is 9.59 Å². The fourth-order valence-corrected chi connectivity index (χ4v) is 1.95. The maximum Gasteiger partial charge on any atom is 0.331 e. The van der Waals surface area contributed by atoms with Crippen LogP contribution in [0.1, 0.15) is 58.8 Å². The van der Waals surface area contributed by atoms with Gasteiger partial charge in [-0.05, 0) is 39.2 Å². The van der Waals surface area contributed by atoms with Crippen molar-refractivity contribution >= 4 is 11.9 Å². The first-order valence-electron chi connectivity index (χ1n) is 7.43. The molecule has 0 saturated carbocycles. The van der Waals surface area contributed by atoms with E-state index in [0.29, 0.717) is 12.0 Å². The van der Waals surface area contributed by atoms with E-state index in [-0.39, 0.29) is 12.0 Å². The number of rotatable bonds is 11. The van der Waals surface area contributed by atoms with Crippen LogP contribution in [-0.4, -0.2) is 38.2 Å². The summed E-state index contributed by atoms with van der Waals surface area (Å²) in [7, 11) is 0. The second-order valence-corrected chi connectivity index (χ2v) is 5.51. The summed E-state index contributed by atoms with van der Waals surface area (Å²) in [4.78, 5) is 21.2. The Morgan fingerprint density at radius 3 is 1.91 bits per heavy atom. The van der Waals surface area contributed by atoms with Crippen LogP contribution in [0.5, 0.6) is 0 Å². The first kappa shape index (κ1) is 20.3. The van der Waals surface area contributed by atoms with Gasteiger partial charge in [-0.1, -0.05) is 25.3 Å². The van der Waals surface area contributed by atoms with Gasteiger partial charge in [0, 0.05) is 17.6 Å². The van der Waals surface area contributed by atoms with Gasteiger partial charge >= 0.3 is 11.9 Å². The van der Waals surface area contributed by atoms with Crippen LogP contribution >= 0.6 is 0 Å². The van der Waals surface area contributed by atoms with Crippen LogP contribution in [0.15, 0.2) is 23.3 Å². The van der Waals surface area contributed by atoms with Gasteiger partial charge in [-0.3, -0.25) is 0 Å². The predicted molar refractivity (Wildman–Crippen MR) is 82.3 cm³/mol. The highest BCUT2D eigenvalue weighted by Crippen LogP contribution is 2.17. The van der Waals surface area contributed by atoms with E-state index < -0.39 is 17.7 Å². The number of hydrogen-bond acceptors (Lipinski definition) is 4. The number of allylic oxidation sites excluding steroid dienone is 1. The van der Waals surface area contributed by atoms with Crippen molar-refractivity contribution in [2.45, 2.75) is 64.6 Å². The van der Waals surface area contributed by atoms with Gasteiger partial charge in [0.05, 0.1) is 0 Å². The van der Waals surface area contributed by atoms with Crippen molar-refractivity contribution in [3.63, 3.8) is 0 Å². The largest absolute Gasteiger partial charge is 0.478 e. The Labute approximate surface area is 130 Å². The van der Waals surface area contributed by atoms with Crippen LogP contribution in [0.4, 0.5) is 0 Å². The summed E-state index contributed by atoms with van der Waals surface area (Å²) in [6, 6.07) is 0. The van der Waals surface area contributed by atoms with Crippen LogP contribution in [0.25, 0.3) is 0 Å². The van der Waals surface area contributed by atoms with Crippen molar-refractivity contribution in [2.24, 2.45) is 0 Å². The van der Waals surface area contributed by atoms with Crippen molar-refractivity contribution in [3.8, 4) is 0 Å². The molecular weight excluding hydrogens is 288 g/mol. The molecule has 0 atom stereocenters. The molecule has 0 aromatic carbocycles. The smallest absolute Gasteiger partial charge is 0.331 e. The normalized spacial score (nSPS) is 13.3. The van der Waals surface area contributed by atoms with Crippen LogP contribution in [-0.2, 0) is 9.59 Å². The highest BCUT2D eigenvalue weighted by molar-refractivity contribution is 5.86. The Hall–Kier alpha value is -1.66. The molecule has 0 amide bonds. The third-order valence-corrected chi connectivity index (χ3v) is 3.32. The first-order valence-corrected chi connectivity index (χ1v) is 7.43. The highest BCUT2D eigenvalue weighted by Gasteiger charge is 2.20. The molecule has 6 nitrogen and oxygen atoms in total. The predicted octanol–water partition coefficient (Wildman–Crippen LogP) is 2.46. The number of carboxylic acid groups (broad SMARTS) is 2. The Morgan fingerprint density at radius 1 is 0.864 bits per heavy atom. The molecule has 0 fully saturated rings. The zero-order valence-corrected chi connectivity index (χ0v) is 13.2. The summed E-state index contributed by atoms with van der Waals surface area (Å²) in [5, 5.41) is 36.6. The van der Waals surface area contributed by atoms with Crippen LogP contribution < -0.4 is 0 Å². The topological polar surface area (TPSA) is 115 Å². The van der Waals surface area contributed by atoms with Gasteiger partial charge in [0.1, 0.15) is 0 Å². The zero-order valence-electron chi connectivity index (χ0n) is 13.2. The third-order valence-electron chi connectivity index (χ3n) is 3.32. The highest BCUT2D eigenvalue weighted by atomic mass is 16.5. The number of aliphatic hydroxyl groups is 2. The Kier molecular flexibility index (Phi) is 9.37. The molecule has 0 aromatic rings. The minimum atomic E-state index is -2.08. The lowest BCUT2D eigenvalue weighted by Crippen LogP contribution is -2.26. The van der Waals surface area contributed by atoms with Crippen LogP contribution in [0.2, 0.25) is 0 Å². The molecule has 22 heavy (non-hydrogen) atoms. The summed E-state index contributed by atoms with van der Waals surface area (Å²) < 4.78 is 0. The monoisotopic (exact) mass is 314 g/mol. The molecule has 0 aliphatic heterocycles. The lowest BCUT2D eigenvalue weighted by atomic mass is 10.0. The standard InChI is InChI=1S/C16H26O6/c1-12(14(17)18)9-7-5-3-4-6-8-10-16(21,22)11-13(2)15(19)20/h9,11,21-22H,3-8,10H2,1-2H3,(H,17,18)(H,19,20). The molecule has 126 valence electrons. The molecule has 0 rings (SSSR count). The molecule has 6 heteroatoms. The fraction of sp³-hybridized carbons (Fsp3) is 0.625. The van der Waals surface area contributed by atoms with E-state index >= 15 is 0 Å². The van der Waals surface area contributed by atoms with Gasteiger partial charge in [-0.15, -0.1) is 0 Å². The van der Waals surface area contributed by atoms with E-state index in [2.05, 4.69) is 0 Å². The summed E-state index contributed by atoms with van der Waals surface area (Å²) in [6.45, 7) is 2.88. The average Bonchev–Trinajstić information content (AvgIpc) is 2.40. The summed E-state index contributed by atoms with van der Waals surface area (Å²) in [5.74, 6) is -4.15. The number of carbonyl (C=O) groups is 2. The molecular formula is C16H26O6. The lowest BCUT2D eigenvalue weighted by Gasteiger charge is -2.17. The van der Waals surface area contributed by atoms with Crippen molar-refractivity contribution in [3.05, 3.63) is 23.3 Å². The summed E-state index contributed by atoms with van der Waals surface area (Å²) in [5.41, 5.74) is 0.261. The quantitative estimate of drug-likeness (QED) is 0.264. The second-order valence-electron chi connectivity index (χ2n) is 5.51. The fourth-order valence-electron chi connectivity index (χ4n) is 1.95. The number of unbranched alkanes of at least 4 members (excludes halogenated alkanes) is 5. The molecule has 0 saturated heterocycles. The van der Waals surface area contributed by atoms with E-state index in [1.807, 2.05) is 0 Å².